The number of anilines is 1. The van der Waals surface area contributed by atoms with Gasteiger partial charge >= 0.3 is 0 Å². The van der Waals surface area contributed by atoms with Crippen LogP contribution < -0.4 is 10.2 Å². The van der Waals surface area contributed by atoms with Crippen molar-refractivity contribution in [1.29, 1.82) is 0 Å². The summed E-state index contributed by atoms with van der Waals surface area (Å²) < 4.78 is 0. The van der Waals surface area contributed by atoms with Gasteiger partial charge in [-0.1, -0.05) is 18.2 Å². The third-order valence-corrected chi connectivity index (χ3v) is 3.35. The van der Waals surface area contributed by atoms with E-state index in [-0.39, 0.29) is 17.7 Å². The van der Waals surface area contributed by atoms with E-state index in [2.05, 4.69) is 11.9 Å². The molecule has 1 N–H and O–H groups in total. The van der Waals surface area contributed by atoms with Crippen LogP contribution in [0.25, 0.3) is 0 Å². The molecule has 4 nitrogen and oxygen atoms in total. The number of nitrogens with zero attached hydrogens (tertiary/aromatic N) is 1. The molecule has 1 aromatic rings. The highest BCUT2D eigenvalue weighted by Crippen LogP contribution is 2.26. The number of nitrogens with one attached hydrogen (secondary N) is 1. The number of hydrogen-bond acceptors (Lipinski definition) is 2. The number of likely N-dealkylation sites (N-methyl/N-ethyl adjacent to an activating group) is 1. The quantitative estimate of drug-likeness (QED) is 0.832. The molecule has 19 heavy (non-hydrogen) atoms. The fourth-order valence-electron chi connectivity index (χ4n) is 2.25. The van der Waals surface area contributed by atoms with Gasteiger partial charge in [-0.2, -0.15) is 0 Å². The van der Waals surface area contributed by atoms with Gasteiger partial charge in [0.2, 0.25) is 11.8 Å². The van der Waals surface area contributed by atoms with Crippen molar-refractivity contribution in [3.05, 3.63) is 42.5 Å². The molecule has 2 rings (SSSR count). The lowest BCUT2D eigenvalue weighted by molar-refractivity contribution is -0.120. The molecule has 1 unspecified atom stereocenters. The van der Waals surface area contributed by atoms with Crippen LogP contribution in [0.1, 0.15) is 12.0 Å². The zero-order chi connectivity index (χ0) is 13.8. The number of carbonyl (C=O) groups excluding carboxylic acids is 2. The molecule has 1 heterocycles. The minimum atomic E-state index is -0.0335. The summed E-state index contributed by atoms with van der Waals surface area (Å²) in [6.07, 6.45) is 2.67. The van der Waals surface area contributed by atoms with E-state index >= 15 is 0 Å². The van der Waals surface area contributed by atoms with Crippen molar-refractivity contribution in [3.8, 4) is 0 Å². The average Bonchev–Trinajstić information content (AvgIpc) is 2.80. The second-order valence-electron chi connectivity index (χ2n) is 4.72. The Kier molecular flexibility index (Phi) is 4.00. The monoisotopic (exact) mass is 258 g/mol. The first kappa shape index (κ1) is 13.3. The van der Waals surface area contributed by atoms with Gasteiger partial charge in [-0.3, -0.25) is 9.59 Å². The second kappa shape index (κ2) is 5.69. The Morgan fingerprint density at radius 1 is 1.58 bits per heavy atom. The van der Waals surface area contributed by atoms with Gasteiger partial charge in [-0.25, -0.2) is 0 Å². The van der Waals surface area contributed by atoms with Crippen LogP contribution in [0.4, 0.5) is 5.69 Å². The number of carbonyl (C=O) groups is 2. The van der Waals surface area contributed by atoms with Gasteiger partial charge in [0, 0.05) is 31.6 Å². The van der Waals surface area contributed by atoms with E-state index in [1.54, 1.807) is 11.9 Å². The molecule has 0 aliphatic carbocycles. The van der Waals surface area contributed by atoms with Crippen molar-refractivity contribution in [2.45, 2.75) is 12.8 Å². The van der Waals surface area contributed by atoms with Crippen LogP contribution in [0.2, 0.25) is 0 Å². The van der Waals surface area contributed by atoms with E-state index in [9.17, 15) is 9.59 Å². The van der Waals surface area contributed by atoms with Crippen molar-refractivity contribution < 1.29 is 9.59 Å². The van der Waals surface area contributed by atoms with Gasteiger partial charge in [0.05, 0.1) is 6.42 Å². The van der Waals surface area contributed by atoms with E-state index < -0.39 is 0 Å². The number of benzene rings is 1. The lowest BCUT2D eigenvalue weighted by Gasteiger charge is -2.17. The van der Waals surface area contributed by atoms with E-state index in [1.165, 1.54) is 0 Å². The fourth-order valence-corrected chi connectivity index (χ4v) is 2.25. The van der Waals surface area contributed by atoms with Crippen molar-refractivity contribution in [1.82, 2.24) is 5.32 Å². The van der Waals surface area contributed by atoms with Crippen LogP contribution in [-0.4, -0.2) is 25.4 Å². The largest absolute Gasteiger partial charge is 0.359 e. The van der Waals surface area contributed by atoms with Crippen LogP contribution in [0, 0.1) is 5.92 Å². The summed E-state index contributed by atoms with van der Waals surface area (Å²) in [6, 6.07) is 7.57. The Morgan fingerprint density at radius 2 is 2.37 bits per heavy atom. The maximum absolute atomic E-state index is 11.9. The van der Waals surface area contributed by atoms with Gasteiger partial charge < -0.3 is 10.2 Å². The molecule has 0 aromatic heterocycles. The summed E-state index contributed by atoms with van der Waals surface area (Å²) >= 11 is 0. The highest BCUT2D eigenvalue weighted by molar-refractivity contribution is 5.96. The van der Waals surface area contributed by atoms with Gasteiger partial charge in [0.15, 0.2) is 0 Å². The normalized spacial score (nSPS) is 18.5. The number of hydrogen-bond donors (Lipinski definition) is 1. The molecule has 4 heteroatoms. The number of amides is 2. The molecule has 0 radical (unpaired) electrons. The molecular weight excluding hydrogens is 240 g/mol. The first-order chi connectivity index (χ1) is 9.13. The summed E-state index contributed by atoms with van der Waals surface area (Å²) in [6.45, 7) is 4.41. The summed E-state index contributed by atoms with van der Waals surface area (Å²) in [4.78, 5) is 25.1. The predicted molar refractivity (Wildman–Crippen MR) is 74.9 cm³/mol. The van der Waals surface area contributed by atoms with Crippen LogP contribution in [0.3, 0.4) is 0 Å². The molecule has 0 bridgehead atoms. The molecular formula is C15H18N2O2. The van der Waals surface area contributed by atoms with Crippen LogP contribution in [0.5, 0.6) is 0 Å². The first-order valence-electron chi connectivity index (χ1n) is 6.36. The Labute approximate surface area is 113 Å². The second-order valence-corrected chi connectivity index (χ2v) is 4.72. The molecule has 100 valence electrons. The minimum absolute atomic E-state index is 0.0335. The smallest absolute Gasteiger partial charge is 0.227 e. The van der Waals surface area contributed by atoms with E-state index in [0.717, 1.165) is 11.3 Å². The molecule has 1 aliphatic heterocycles. The lowest BCUT2D eigenvalue weighted by Crippen LogP contribution is -2.25. The van der Waals surface area contributed by atoms with Crippen molar-refractivity contribution in [2.75, 3.05) is 18.5 Å². The van der Waals surface area contributed by atoms with E-state index in [1.807, 2.05) is 30.3 Å². The molecule has 0 spiro atoms. The van der Waals surface area contributed by atoms with E-state index in [4.69, 9.17) is 0 Å². The molecule has 1 atom stereocenters. The Morgan fingerprint density at radius 3 is 3.00 bits per heavy atom. The highest BCUT2D eigenvalue weighted by atomic mass is 16.2. The SMILES string of the molecule is C=CC1CC(=O)N(c2cccc(CC(=O)NC)c2)C1. The lowest BCUT2D eigenvalue weighted by atomic mass is 10.1. The number of rotatable bonds is 4. The van der Waals surface area contributed by atoms with Gasteiger partial charge in [0.1, 0.15) is 0 Å². The summed E-state index contributed by atoms with van der Waals surface area (Å²) in [5.41, 5.74) is 1.77. The van der Waals surface area contributed by atoms with E-state index in [0.29, 0.717) is 19.4 Å². The summed E-state index contributed by atoms with van der Waals surface area (Å²) in [7, 11) is 1.62. The zero-order valence-electron chi connectivity index (χ0n) is 11.1. The maximum atomic E-state index is 11.9. The third-order valence-electron chi connectivity index (χ3n) is 3.35. The Balaban J connectivity index is 2.17. The van der Waals surface area contributed by atoms with Crippen molar-refractivity contribution in [3.63, 3.8) is 0 Å². The first-order valence-corrected chi connectivity index (χ1v) is 6.36. The topological polar surface area (TPSA) is 49.4 Å². The van der Waals surface area contributed by atoms with Crippen LogP contribution in [-0.2, 0) is 16.0 Å². The maximum Gasteiger partial charge on any atom is 0.227 e. The van der Waals surface area contributed by atoms with Crippen molar-refractivity contribution >= 4 is 17.5 Å². The average molecular weight is 258 g/mol. The van der Waals surface area contributed by atoms with Gasteiger partial charge in [-0.05, 0) is 17.7 Å². The third kappa shape index (κ3) is 3.02. The molecule has 1 saturated heterocycles. The van der Waals surface area contributed by atoms with Gasteiger partial charge in [-0.15, -0.1) is 6.58 Å². The zero-order valence-corrected chi connectivity index (χ0v) is 11.1. The molecule has 0 saturated carbocycles. The molecule has 1 fully saturated rings. The molecule has 2 amide bonds. The minimum Gasteiger partial charge on any atom is -0.359 e. The van der Waals surface area contributed by atoms with Crippen LogP contribution in [0.15, 0.2) is 36.9 Å². The standard InChI is InChI=1S/C15H18N2O2/c1-3-11-9-15(19)17(10-11)13-6-4-5-12(7-13)8-14(18)16-2/h3-7,11H,1,8-10H2,2H3,(H,16,18). The van der Waals surface area contributed by atoms with Crippen molar-refractivity contribution in [2.24, 2.45) is 5.92 Å². The predicted octanol–water partition coefficient (Wildman–Crippen LogP) is 1.51. The van der Waals surface area contributed by atoms with Crippen LogP contribution >= 0.6 is 0 Å². The molecule has 1 aromatic carbocycles. The highest BCUT2D eigenvalue weighted by Gasteiger charge is 2.28. The molecule has 1 aliphatic rings. The Hall–Kier alpha value is -2.10. The summed E-state index contributed by atoms with van der Waals surface area (Å²) in [5, 5.41) is 2.59. The summed E-state index contributed by atoms with van der Waals surface area (Å²) in [5.74, 6) is 0.297. The Bertz CT molecular complexity index is 511. The van der Waals surface area contributed by atoms with Gasteiger partial charge in [0.25, 0.3) is 0 Å². The fraction of sp³-hybridized carbons (Fsp3) is 0.333.